The molecule has 0 unspecified atom stereocenters. The van der Waals surface area contributed by atoms with Crippen molar-refractivity contribution in [3.05, 3.63) is 76.6 Å². The Balaban J connectivity index is 2.12. The van der Waals surface area contributed by atoms with E-state index in [1.54, 1.807) is 18.2 Å². The minimum Gasteiger partial charge on any atom is -0.316 e. The van der Waals surface area contributed by atoms with Gasteiger partial charge < -0.3 is 5.32 Å². The molecule has 130 valence electrons. The standard InChI is InChI=1S/C18H16BrFN2O2S/c1-21-11-13-9-18(14-3-2-4-16(20)10-14)22(12-13)25(23,24)17-7-5-15(19)6-8-17/h2-10,12,21H,11H2,1H3/i1D3. The topological polar surface area (TPSA) is 51.1 Å². The molecule has 0 saturated heterocycles. The summed E-state index contributed by atoms with van der Waals surface area (Å²) in [6.07, 6.45) is 1.34. The fourth-order valence-corrected chi connectivity index (χ4v) is 4.14. The van der Waals surface area contributed by atoms with Crippen molar-refractivity contribution in [2.24, 2.45) is 0 Å². The van der Waals surface area contributed by atoms with E-state index in [2.05, 4.69) is 21.2 Å². The molecule has 3 rings (SSSR count). The summed E-state index contributed by atoms with van der Waals surface area (Å²) in [6, 6.07) is 13.2. The smallest absolute Gasteiger partial charge is 0.268 e. The summed E-state index contributed by atoms with van der Waals surface area (Å²) < 4.78 is 63.6. The molecule has 0 amide bonds. The monoisotopic (exact) mass is 425 g/mol. The lowest BCUT2D eigenvalue weighted by molar-refractivity contribution is 0.587. The summed E-state index contributed by atoms with van der Waals surface area (Å²) in [5.74, 6) is -0.506. The van der Waals surface area contributed by atoms with Gasteiger partial charge >= 0.3 is 0 Å². The zero-order valence-corrected chi connectivity index (χ0v) is 15.3. The zero-order chi connectivity index (χ0) is 20.5. The number of halogens is 2. The van der Waals surface area contributed by atoms with Gasteiger partial charge in [0.2, 0.25) is 0 Å². The van der Waals surface area contributed by atoms with Gasteiger partial charge in [0.25, 0.3) is 10.0 Å². The molecule has 0 radical (unpaired) electrons. The SMILES string of the molecule is [2H]C([2H])([2H])NCc1cc(-c2cccc(F)c2)n(S(=O)(=O)c2ccc(Br)cc2)c1. The molecule has 2 aromatic carbocycles. The lowest BCUT2D eigenvalue weighted by atomic mass is 10.1. The number of aromatic nitrogens is 1. The third-order valence-electron chi connectivity index (χ3n) is 3.63. The molecule has 3 aromatic rings. The van der Waals surface area contributed by atoms with E-state index in [0.29, 0.717) is 11.1 Å². The number of hydrogen-bond donors (Lipinski definition) is 1. The highest BCUT2D eigenvalue weighted by molar-refractivity contribution is 9.10. The average molecular weight is 426 g/mol. The molecule has 0 fully saturated rings. The lowest BCUT2D eigenvalue weighted by Crippen LogP contribution is -2.13. The molecule has 1 heterocycles. The Hall–Kier alpha value is -1.96. The van der Waals surface area contributed by atoms with Crippen LogP contribution in [0.3, 0.4) is 0 Å². The van der Waals surface area contributed by atoms with Crippen LogP contribution in [0, 0.1) is 5.82 Å². The number of rotatable bonds is 5. The van der Waals surface area contributed by atoms with E-state index in [9.17, 15) is 12.8 Å². The molecule has 0 atom stereocenters. The molecule has 0 aliphatic heterocycles. The lowest BCUT2D eigenvalue weighted by Gasteiger charge is -2.11. The summed E-state index contributed by atoms with van der Waals surface area (Å²) >= 11 is 3.27. The minimum absolute atomic E-state index is 0.0549. The van der Waals surface area contributed by atoms with Gasteiger partial charge in [-0.3, -0.25) is 0 Å². The largest absolute Gasteiger partial charge is 0.316 e. The summed E-state index contributed by atoms with van der Waals surface area (Å²) in [5, 5.41) is 2.35. The Kier molecular flexibility index (Phi) is 4.05. The van der Waals surface area contributed by atoms with Crippen molar-refractivity contribution in [1.82, 2.24) is 9.29 Å². The van der Waals surface area contributed by atoms with E-state index in [0.717, 1.165) is 8.45 Å². The molecule has 4 nitrogen and oxygen atoms in total. The zero-order valence-electron chi connectivity index (χ0n) is 15.9. The second-order valence-electron chi connectivity index (χ2n) is 5.35. The van der Waals surface area contributed by atoms with E-state index < -0.39 is 22.8 Å². The third-order valence-corrected chi connectivity index (χ3v) is 5.84. The Morgan fingerprint density at radius 2 is 1.96 bits per heavy atom. The average Bonchev–Trinajstić information content (AvgIpc) is 3.05. The van der Waals surface area contributed by atoms with Crippen molar-refractivity contribution < 1.29 is 16.9 Å². The molecule has 0 spiro atoms. The Labute approximate surface area is 158 Å². The molecular formula is C18H16BrFN2O2S. The van der Waals surface area contributed by atoms with Gasteiger partial charge in [0.15, 0.2) is 0 Å². The molecule has 1 aromatic heterocycles. The van der Waals surface area contributed by atoms with Gasteiger partial charge in [-0.2, -0.15) is 0 Å². The molecule has 25 heavy (non-hydrogen) atoms. The van der Waals surface area contributed by atoms with Crippen LogP contribution in [0.2, 0.25) is 0 Å². The van der Waals surface area contributed by atoms with Crippen LogP contribution in [-0.4, -0.2) is 19.4 Å². The second-order valence-corrected chi connectivity index (χ2v) is 8.08. The molecule has 0 aliphatic rings. The number of nitrogens with zero attached hydrogens (tertiary/aromatic N) is 1. The van der Waals surface area contributed by atoms with Crippen molar-refractivity contribution in [2.75, 3.05) is 6.98 Å². The van der Waals surface area contributed by atoms with Gasteiger partial charge in [-0.1, -0.05) is 28.1 Å². The van der Waals surface area contributed by atoms with Crippen LogP contribution in [0.25, 0.3) is 11.3 Å². The van der Waals surface area contributed by atoms with Crippen LogP contribution in [0.15, 0.2) is 70.2 Å². The highest BCUT2D eigenvalue weighted by Gasteiger charge is 2.22. The molecule has 0 aliphatic carbocycles. The molecule has 0 bridgehead atoms. The highest BCUT2D eigenvalue weighted by atomic mass is 79.9. The van der Waals surface area contributed by atoms with E-state index in [1.807, 2.05) is 0 Å². The second kappa shape index (κ2) is 7.11. The predicted molar refractivity (Wildman–Crippen MR) is 99.3 cm³/mol. The van der Waals surface area contributed by atoms with E-state index in [4.69, 9.17) is 4.11 Å². The predicted octanol–water partition coefficient (Wildman–Crippen LogP) is 4.01. The summed E-state index contributed by atoms with van der Waals surface area (Å²) in [5.41, 5.74) is 1.04. The van der Waals surface area contributed by atoms with Gasteiger partial charge in [-0.05, 0) is 55.0 Å². The Morgan fingerprint density at radius 3 is 2.64 bits per heavy atom. The first-order valence-electron chi connectivity index (χ1n) is 8.80. The number of nitrogens with one attached hydrogen (secondary N) is 1. The van der Waals surface area contributed by atoms with Crippen molar-refractivity contribution in [3.63, 3.8) is 0 Å². The van der Waals surface area contributed by atoms with Crippen LogP contribution in [0.1, 0.15) is 9.68 Å². The summed E-state index contributed by atoms with van der Waals surface area (Å²) in [4.78, 5) is 0.0549. The molecule has 7 heteroatoms. The first-order valence-corrected chi connectivity index (χ1v) is 9.53. The van der Waals surface area contributed by atoms with Gasteiger partial charge in [0.1, 0.15) is 5.82 Å². The number of benzene rings is 2. The maximum absolute atomic E-state index is 13.7. The molecule has 1 N–H and O–H groups in total. The van der Waals surface area contributed by atoms with Gasteiger partial charge in [0, 0.05) is 26.9 Å². The van der Waals surface area contributed by atoms with Crippen LogP contribution >= 0.6 is 15.9 Å². The fraction of sp³-hybridized carbons (Fsp3) is 0.111. The van der Waals surface area contributed by atoms with E-state index in [-0.39, 0.29) is 17.1 Å². The number of hydrogen-bond acceptors (Lipinski definition) is 3. The van der Waals surface area contributed by atoms with E-state index in [1.165, 1.54) is 42.6 Å². The Morgan fingerprint density at radius 1 is 1.20 bits per heavy atom. The maximum Gasteiger partial charge on any atom is 0.268 e. The van der Waals surface area contributed by atoms with E-state index >= 15 is 0 Å². The van der Waals surface area contributed by atoms with Crippen molar-refractivity contribution in [2.45, 2.75) is 11.4 Å². The van der Waals surface area contributed by atoms with Gasteiger partial charge in [0.05, 0.1) is 10.6 Å². The molecule has 0 saturated carbocycles. The quantitative estimate of drug-likeness (QED) is 0.671. The van der Waals surface area contributed by atoms with Crippen molar-refractivity contribution >= 4 is 26.0 Å². The minimum atomic E-state index is -3.98. The fourth-order valence-electron chi connectivity index (χ4n) is 2.47. The first-order chi connectivity index (χ1) is 13.1. The summed E-state index contributed by atoms with van der Waals surface area (Å²) in [6.45, 7) is -2.44. The normalized spacial score (nSPS) is 13.9. The van der Waals surface area contributed by atoms with Crippen LogP contribution in [0.4, 0.5) is 4.39 Å². The summed E-state index contributed by atoms with van der Waals surface area (Å²) in [7, 11) is -3.98. The van der Waals surface area contributed by atoms with Crippen molar-refractivity contribution in [1.29, 1.82) is 0 Å². The third kappa shape index (κ3) is 3.68. The highest BCUT2D eigenvalue weighted by Crippen LogP contribution is 2.28. The van der Waals surface area contributed by atoms with Crippen molar-refractivity contribution in [3.8, 4) is 11.3 Å². The van der Waals surface area contributed by atoms with Crippen LogP contribution < -0.4 is 5.32 Å². The van der Waals surface area contributed by atoms with Crippen LogP contribution in [0.5, 0.6) is 0 Å². The first kappa shape index (κ1) is 14.2. The van der Waals surface area contributed by atoms with Crippen LogP contribution in [-0.2, 0) is 16.6 Å². The van der Waals surface area contributed by atoms with Gasteiger partial charge in [-0.25, -0.2) is 16.8 Å². The Bertz CT molecular complexity index is 1100. The molecular weight excluding hydrogens is 407 g/mol. The van der Waals surface area contributed by atoms with Gasteiger partial charge in [-0.15, -0.1) is 0 Å². The maximum atomic E-state index is 13.7.